The van der Waals surface area contributed by atoms with Gasteiger partial charge in [-0.1, -0.05) is 12.1 Å². The minimum absolute atomic E-state index is 0.0212. The lowest BCUT2D eigenvalue weighted by Gasteiger charge is -2.26. The SMILES string of the molecule is Cn1cccc1C1=C(C#N)C(c2ccc(C#N)cc2)C(C#N)=C(N)O1. The van der Waals surface area contributed by atoms with Gasteiger partial charge >= 0.3 is 0 Å². The van der Waals surface area contributed by atoms with E-state index < -0.39 is 5.92 Å². The van der Waals surface area contributed by atoms with Crippen LogP contribution in [0.15, 0.2) is 59.6 Å². The standard InChI is InChI=1S/C19H13N5O/c1-24-8-2-3-16(24)18-14(10-21)17(15(11-22)19(23)25-18)13-6-4-12(9-20)5-7-13/h2-8,17H,23H2,1H3. The smallest absolute Gasteiger partial charge is 0.205 e. The van der Waals surface area contributed by atoms with Crippen molar-refractivity contribution in [1.82, 2.24) is 4.57 Å². The monoisotopic (exact) mass is 327 g/mol. The second-order valence-corrected chi connectivity index (χ2v) is 5.52. The van der Waals surface area contributed by atoms with Crippen LogP contribution in [-0.4, -0.2) is 4.57 Å². The summed E-state index contributed by atoms with van der Waals surface area (Å²) < 4.78 is 7.45. The number of allylic oxidation sites excluding steroid dienone is 2. The number of aryl methyl sites for hydroxylation is 1. The molecule has 1 aliphatic rings. The molecule has 0 aliphatic carbocycles. The quantitative estimate of drug-likeness (QED) is 0.911. The molecule has 1 unspecified atom stereocenters. The number of rotatable bonds is 2. The van der Waals surface area contributed by atoms with E-state index in [0.29, 0.717) is 28.2 Å². The third kappa shape index (κ3) is 2.61. The first kappa shape index (κ1) is 15.9. The van der Waals surface area contributed by atoms with Crippen molar-refractivity contribution < 1.29 is 4.74 Å². The minimum atomic E-state index is -0.638. The molecule has 1 atom stereocenters. The van der Waals surface area contributed by atoms with E-state index in [1.54, 1.807) is 24.3 Å². The van der Waals surface area contributed by atoms with E-state index >= 15 is 0 Å². The summed E-state index contributed by atoms with van der Waals surface area (Å²) in [5, 5.41) is 28.2. The van der Waals surface area contributed by atoms with Crippen LogP contribution in [0.5, 0.6) is 0 Å². The largest absolute Gasteiger partial charge is 0.437 e. The molecule has 0 fully saturated rings. The van der Waals surface area contributed by atoms with Gasteiger partial charge in [-0.05, 0) is 29.8 Å². The molecule has 1 aromatic carbocycles. The highest BCUT2D eigenvalue weighted by atomic mass is 16.5. The normalized spacial score (nSPS) is 16.6. The third-order valence-electron chi connectivity index (χ3n) is 4.09. The van der Waals surface area contributed by atoms with Gasteiger partial charge in [0.2, 0.25) is 5.88 Å². The van der Waals surface area contributed by atoms with E-state index in [4.69, 9.17) is 15.7 Å². The van der Waals surface area contributed by atoms with Crippen LogP contribution in [0.2, 0.25) is 0 Å². The molecule has 1 aromatic heterocycles. The molecule has 2 N–H and O–H groups in total. The van der Waals surface area contributed by atoms with Gasteiger partial charge in [-0.3, -0.25) is 0 Å². The lowest BCUT2D eigenvalue weighted by Crippen LogP contribution is -2.20. The summed E-state index contributed by atoms with van der Waals surface area (Å²) in [6.07, 6.45) is 1.83. The summed E-state index contributed by atoms with van der Waals surface area (Å²) in [5.41, 5.74) is 8.34. The molecule has 0 radical (unpaired) electrons. The Morgan fingerprint density at radius 2 is 1.68 bits per heavy atom. The molecule has 6 heteroatoms. The molecule has 1 aliphatic heterocycles. The molecule has 3 rings (SSSR count). The Morgan fingerprint density at radius 1 is 1.00 bits per heavy atom. The van der Waals surface area contributed by atoms with Gasteiger partial charge in [-0.25, -0.2) is 0 Å². The topological polar surface area (TPSA) is 112 Å². The molecular weight excluding hydrogens is 314 g/mol. The summed E-state index contributed by atoms with van der Waals surface area (Å²) in [7, 11) is 1.83. The van der Waals surface area contributed by atoms with E-state index in [2.05, 4.69) is 6.07 Å². The zero-order chi connectivity index (χ0) is 18.0. The summed E-state index contributed by atoms with van der Waals surface area (Å²) in [6.45, 7) is 0. The predicted molar refractivity (Wildman–Crippen MR) is 89.8 cm³/mol. The van der Waals surface area contributed by atoms with Gasteiger partial charge in [-0.15, -0.1) is 0 Å². The average Bonchev–Trinajstić information content (AvgIpc) is 3.06. The van der Waals surface area contributed by atoms with Crippen LogP contribution in [-0.2, 0) is 11.8 Å². The molecule has 0 spiro atoms. The van der Waals surface area contributed by atoms with Crippen LogP contribution in [0.3, 0.4) is 0 Å². The molecule has 0 amide bonds. The Balaban J connectivity index is 2.23. The van der Waals surface area contributed by atoms with Gasteiger partial charge < -0.3 is 15.0 Å². The fraction of sp³-hybridized carbons (Fsp3) is 0.105. The molecule has 0 bridgehead atoms. The highest BCUT2D eigenvalue weighted by Gasteiger charge is 2.34. The van der Waals surface area contributed by atoms with Gasteiger partial charge in [0, 0.05) is 13.2 Å². The van der Waals surface area contributed by atoms with E-state index in [0.717, 1.165) is 0 Å². The minimum Gasteiger partial charge on any atom is -0.437 e. The first-order valence-corrected chi connectivity index (χ1v) is 7.44. The Kier molecular flexibility index (Phi) is 4.00. The summed E-state index contributed by atoms with van der Waals surface area (Å²) in [6, 6.07) is 16.6. The summed E-state index contributed by atoms with van der Waals surface area (Å²) in [5.74, 6) is -0.325. The van der Waals surface area contributed by atoms with Crippen molar-refractivity contribution in [3.05, 3.63) is 76.4 Å². The highest BCUT2D eigenvalue weighted by Crippen LogP contribution is 2.41. The van der Waals surface area contributed by atoms with Gasteiger partial charge in [-0.2, -0.15) is 15.8 Å². The molecule has 25 heavy (non-hydrogen) atoms. The number of nitrogens with two attached hydrogens (primary N) is 1. The molecule has 0 saturated carbocycles. The fourth-order valence-electron chi connectivity index (χ4n) is 2.84. The molecule has 6 nitrogen and oxygen atoms in total. The first-order valence-electron chi connectivity index (χ1n) is 7.44. The highest BCUT2D eigenvalue weighted by molar-refractivity contribution is 5.72. The van der Waals surface area contributed by atoms with Gasteiger partial charge in [0.15, 0.2) is 5.76 Å². The van der Waals surface area contributed by atoms with Crippen molar-refractivity contribution >= 4 is 5.76 Å². The average molecular weight is 327 g/mol. The van der Waals surface area contributed by atoms with Crippen molar-refractivity contribution in [2.24, 2.45) is 12.8 Å². The molecule has 0 saturated heterocycles. The predicted octanol–water partition coefficient (Wildman–Crippen LogP) is 2.64. The van der Waals surface area contributed by atoms with Crippen LogP contribution in [0, 0.1) is 34.0 Å². The number of hydrogen-bond acceptors (Lipinski definition) is 5. The maximum absolute atomic E-state index is 9.76. The Hall–Kier alpha value is -3.95. The Bertz CT molecular complexity index is 1020. The number of hydrogen-bond donors (Lipinski definition) is 1. The van der Waals surface area contributed by atoms with Crippen molar-refractivity contribution in [3.8, 4) is 18.2 Å². The van der Waals surface area contributed by atoms with E-state index in [-0.39, 0.29) is 11.5 Å². The van der Waals surface area contributed by atoms with Crippen molar-refractivity contribution in [3.63, 3.8) is 0 Å². The summed E-state index contributed by atoms with van der Waals surface area (Å²) >= 11 is 0. The Labute approximate surface area is 144 Å². The van der Waals surface area contributed by atoms with E-state index in [1.807, 2.05) is 42.1 Å². The van der Waals surface area contributed by atoms with E-state index in [1.165, 1.54) is 0 Å². The van der Waals surface area contributed by atoms with Gasteiger partial charge in [0.05, 0.1) is 34.9 Å². The Morgan fingerprint density at radius 3 is 2.20 bits per heavy atom. The summed E-state index contributed by atoms with van der Waals surface area (Å²) in [4.78, 5) is 0. The van der Waals surface area contributed by atoms with Crippen LogP contribution >= 0.6 is 0 Å². The van der Waals surface area contributed by atoms with Crippen LogP contribution in [0.1, 0.15) is 22.7 Å². The number of ether oxygens (including phenoxy) is 1. The maximum Gasteiger partial charge on any atom is 0.205 e. The maximum atomic E-state index is 9.76. The van der Waals surface area contributed by atoms with Gasteiger partial charge in [0.1, 0.15) is 11.6 Å². The molecule has 2 heterocycles. The zero-order valence-corrected chi connectivity index (χ0v) is 13.4. The number of benzene rings is 1. The lowest BCUT2D eigenvalue weighted by atomic mass is 9.83. The molecule has 2 aromatic rings. The van der Waals surface area contributed by atoms with Crippen molar-refractivity contribution in [2.75, 3.05) is 0 Å². The second-order valence-electron chi connectivity index (χ2n) is 5.52. The van der Waals surface area contributed by atoms with Gasteiger partial charge in [0.25, 0.3) is 0 Å². The number of aromatic nitrogens is 1. The van der Waals surface area contributed by atoms with E-state index in [9.17, 15) is 10.5 Å². The lowest BCUT2D eigenvalue weighted by molar-refractivity contribution is 0.354. The second kappa shape index (κ2) is 6.28. The van der Waals surface area contributed by atoms with Crippen molar-refractivity contribution in [1.29, 1.82) is 15.8 Å². The van der Waals surface area contributed by atoms with Crippen LogP contribution in [0.25, 0.3) is 5.76 Å². The number of nitrogens with zero attached hydrogens (tertiary/aromatic N) is 4. The van der Waals surface area contributed by atoms with Crippen molar-refractivity contribution in [2.45, 2.75) is 5.92 Å². The zero-order valence-electron chi connectivity index (χ0n) is 13.4. The van der Waals surface area contributed by atoms with Crippen LogP contribution < -0.4 is 5.73 Å². The molecule has 120 valence electrons. The first-order chi connectivity index (χ1) is 12.1. The number of nitriles is 3. The third-order valence-corrected chi connectivity index (χ3v) is 4.09. The van der Waals surface area contributed by atoms with Crippen LogP contribution in [0.4, 0.5) is 0 Å². The fourth-order valence-corrected chi connectivity index (χ4v) is 2.84. The molecular formula is C19H13N5O.